The molecule has 5 nitrogen and oxygen atoms in total. The maximum atomic E-state index is 11.1. The van der Waals surface area contributed by atoms with Gasteiger partial charge in [-0.25, -0.2) is 0 Å². The third kappa shape index (κ3) is 3.99. The van der Waals surface area contributed by atoms with E-state index in [1.54, 1.807) is 0 Å². The molecule has 0 spiro atoms. The SMILES string of the molecule is CC(=O)Nc1ccc2c(c1)CCC(COC1CCCCO1)O2. The van der Waals surface area contributed by atoms with Crippen LogP contribution in [0.2, 0.25) is 0 Å². The highest BCUT2D eigenvalue weighted by atomic mass is 16.7. The van der Waals surface area contributed by atoms with E-state index in [-0.39, 0.29) is 18.3 Å². The normalized spacial score (nSPS) is 24.2. The summed E-state index contributed by atoms with van der Waals surface area (Å²) in [5, 5.41) is 2.80. The van der Waals surface area contributed by atoms with Gasteiger partial charge in [0.1, 0.15) is 11.9 Å². The molecule has 1 N–H and O–H groups in total. The van der Waals surface area contributed by atoms with E-state index >= 15 is 0 Å². The van der Waals surface area contributed by atoms with E-state index in [1.807, 2.05) is 18.2 Å². The highest BCUT2D eigenvalue weighted by Gasteiger charge is 2.22. The number of anilines is 1. The molecule has 1 fully saturated rings. The minimum Gasteiger partial charge on any atom is -0.488 e. The van der Waals surface area contributed by atoms with Gasteiger partial charge >= 0.3 is 0 Å². The maximum Gasteiger partial charge on any atom is 0.221 e. The molecule has 2 aliphatic rings. The lowest BCUT2D eigenvalue weighted by Crippen LogP contribution is -2.32. The highest BCUT2D eigenvalue weighted by Crippen LogP contribution is 2.30. The van der Waals surface area contributed by atoms with Gasteiger partial charge in [0, 0.05) is 19.2 Å². The first-order valence-corrected chi connectivity index (χ1v) is 8.01. The lowest BCUT2D eigenvalue weighted by atomic mass is 10.0. The van der Waals surface area contributed by atoms with Gasteiger partial charge in [0.25, 0.3) is 0 Å². The number of rotatable bonds is 4. The predicted octanol–water partition coefficient (Wildman–Crippen LogP) is 2.88. The van der Waals surface area contributed by atoms with Crippen LogP contribution in [0.25, 0.3) is 0 Å². The van der Waals surface area contributed by atoms with E-state index < -0.39 is 0 Å². The first kappa shape index (κ1) is 15.3. The number of hydrogen-bond donors (Lipinski definition) is 1. The molecule has 1 saturated heterocycles. The van der Waals surface area contributed by atoms with Crippen LogP contribution in [-0.2, 0) is 20.7 Å². The second-order valence-corrected chi connectivity index (χ2v) is 5.91. The van der Waals surface area contributed by atoms with Crippen molar-refractivity contribution in [2.45, 2.75) is 51.4 Å². The van der Waals surface area contributed by atoms with Gasteiger partial charge in [-0.1, -0.05) is 0 Å². The minimum absolute atomic E-state index is 0.0598. The molecule has 2 atom stereocenters. The van der Waals surface area contributed by atoms with Gasteiger partial charge in [-0.3, -0.25) is 4.79 Å². The van der Waals surface area contributed by atoms with Gasteiger partial charge < -0.3 is 19.5 Å². The van der Waals surface area contributed by atoms with Crippen molar-refractivity contribution < 1.29 is 19.0 Å². The third-order valence-corrected chi connectivity index (χ3v) is 4.02. The molecule has 22 heavy (non-hydrogen) atoms. The molecule has 1 aromatic rings. The van der Waals surface area contributed by atoms with E-state index in [9.17, 15) is 4.79 Å². The summed E-state index contributed by atoms with van der Waals surface area (Å²) >= 11 is 0. The Balaban J connectivity index is 1.53. The van der Waals surface area contributed by atoms with Crippen LogP contribution in [0, 0.1) is 0 Å². The van der Waals surface area contributed by atoms with E-state index in [4.69, 9.17) is 14.2 Å². The lowest BCUT2D eigenvalue weighted by Gasteiger charge is -2.29. The summed E-state index contributed by atoms with van der Waals surface area (Å²) in [5.74, 6) is 0.828. The van der Waals surface area contributed by atoms with Crippen molar-refractivity contribution in [1.82, 2.24) is 0 Å². The smallest absolute Gasteiger partial charge is 0.221 e. The van der Waals surface area contributed by atoms with Crippen LogP contribution in [0.5, 0.6) is 5.75 Å². The number of nitrogens with one attached hydrogen (secondary N) is 1. The van der Waals surface area contributed by atoms with Crippen molar-refractivity contribution in [3.63, 3.8) is 0 Å². The van der Waals surface area contributed by atoms with Crippen LogP contribution in [0.3, 0.4) is 0 Å². The van der Waals surface area contributed by atoms with Crippen LogP contribution in [0.4, 0.5) is 5.69 Å². The zero-order chi connectivity index (χ0) is 15.4. The number of amides is 1. The highest BCUT2D eigenvalue weighted by molar-refractivity contribution is 5.88. The molecule has 3 rings (SSSR count). The Bertz CT molecular complexity index is 525. The van der Waals surface area contributed by atoms with Crippen molar-refractivity contribution >= 4 is 11.6 Å². The Morgan fingerprint density at radius 2 is 2.27 bits per heavy atom. The number of carbonyl (C=O) groups excluding carboxylic acids is 1. The standard InChI is InChI=1S/C17H23NO4/c1-12(19)18-14-6-8-16-13(10-14)5-7-15(22-16)11-21-17-4-2-3-9-20-17/h6,8,10,15,17H,2-5,7,9,11H2,1H3,(H,18,19). The molecular formula is C17H23NO4. The fourth-order valence-corrected chi connectivity index (χ4v) is 2.90. The summed E-state index contributed by atoms with van der Waals surface area (Å²) in [6.45, 7) is 2.87. The molecule has 5 heteroatoms. The molecule has 0 saturated carbocycles. The second kappa shape index (κ2) is 7.11. The van der Waals surface area contributed by atoms with Gasteiger partial charge in [-0.15, -0.1) is 0 Å². The minimum atomic E-state index is -0.0686. The van der Waals surface area contributed by atoms with Gasteiger partial charge in [0.05, 0.1) is 6.61 Å². The van der Waals surface area contributed by atoms with Crippen molar-refractivity contribution in [1.29, 1.82) is 0 Å². The number of carbonyl (C=O) groups is 1. The van der Waals surface area contributed by atoms with Crippen molar-refractivity contribution in [3.8, 4) is 5.75 Å². The second-order valence-electron chi connectivity index (χ2n) is 5.91. The molecular weight excluding hydrogens is 282 g/mol. The molecule has 2 aliphatic heterocycles. The first-order chi connectivity index (χ1) is 10.7. The number of aryl methyl sites for hydroxylation is 1. The molecule has 2 unspecified atom stereocenters. The number of ether oxygens (including phenoxy) is 3. The van der Waals surface area contributed by atoms with E-state index in [1.165, 1.54) is 13.3 Å². The fraction of sp³-hybridized carbons (Fsp3) is 0.588. The van der Waals surface area contributed by atoms with Crippen molar-refractivity contribution in [2.24, 2.45) is 0 Å². The van der Waals surface area contributed by atoms with Gasteiger partial charge in [-0.05, 0) is 55.9 Å². The molecule has 0 radical (unpaired) electrons. The Labute approximate surface area is 130 Å². The Hall–Kier alpha value is -1.59. The van der Waals surface area contributed by atoms with Crippen molar-refractivity contribution in [3.05, 3.63) is 23.8 Å². The number of benzene rings is 1. The van der Waals surface area contributed by atoms with Gasteiger partial charge in [-0.2, -0.15) is 0 Å². The summed E-state index contributed by atoms with van der Waals surface area (Å²) < 4.78 is 17.4. The zero-order valence-electron chi connectivity index (χ0n) is 13.0. The summed E-state index contributed by atoms with van der Waals surface area (Å²) in [7, 11) is 0. The number of hydrogen-bond acceptors (Lipinski definition) is 4. The largest absolute Gasteiger partial charge is 0.488 e. The monoisotopic (exact) mass is 305 g/mol. The summed E-state index contributed by atoms with van der Waals surface area (Å²) in [5.41, 5.74) is 1.96. The first-order valence-electron chi connectivity index (χ1n) is 8.01. The zero-order valence-corrected chi connectivity index (χ0v) is 13.0. The Morgan fingerprint density at radius 1 is 1.36 bits per heavy atom. The molecule has 2 heterocycles. The quantitative estimate of drug-likeness (QED) is 0.929. The molecule has 0 bridgehead atoms. The van der Waals surface area contributed by atoms with Crippen LogP contribution >= 0.6 is 0 Å². The van der Waals surface area contributed by atoms with Crippen LogP contribution in [-0.4, -0.2) is 31.5 Å². The summed E-state index contributed by atoms with van der Waals surface area (Å²) in [4.78, 5) is 11.1. The average Bonchev–Trinajstić information content (AvgIpc) is 2.53. The average molecular weight is 305 g/mol. The molecule has 1 aromatic carbocycles. The van der Waals surface area contributed by atoms with Crippen molar-refractivity contribution in [2.75, 3.05) is 18.5 Å². The van der Waals surface area contributed by atoms with E-state index in [2.05, 4.69) is 5.32 Å². The molecule has 1 amide bonds. The lowest BCUT2D eigenvalue weighted by molar-refractivity contribution is -0.174. The Morgan fingerprint density at radius 3 is 3.05 bits per heavy atom. The third-order valence-electron chi connectivity index (χ3n) is 4.02. The topological polar surface area (TPSA) is 56.8 Å². The molecule has 0 aliphatic carbocycles. The summed E-state index contributed by atoms with van der Waals surface area (Å²) in [6, 6.07) is 5.77. The van der Waals surface area contributed by atoms with E-state index in [0.29, 0.717) is 6.61 Å². The Kier molecular flexibility index (Phi) is 4.95. The van der Waals surface area contributed by atoms with Gasteiger partial charge in [0.2, 0.25) is 5.91 Å². The van der Waals surface area contributed by atoms with E-state index in [0.717, 1.165) is 49.3 Å². The van der Waals surface area contributed by atoms with Crippen LogP contribution in [0.15, 0.2) is 18.2 Å². The molecule has 0 aromatic heterocycles. The predicted molar refractivity (Wildman–Crippen MR) is 83.0 cm³/mol. The number of fused-ring (bicyclic) bond motifs is 1. The fourth-order valence-electron chi connectivity index (χ4n) is 2.90. The van der Waals surface area contributed by atoms with Crippen LogP contribution in [0.1, 0.15) is 38.2 Å². The molecule has 120 valence electrons. The summed E-state index contributed by atoms with van der Waals surface area (Å²) in [6.07, 6.45) is 5.13. The van der Waals surface area contributed by atoms with Crippen LogP contribution < -0.4 is 10.1 Å². The van der Waals surface area contributed by atoms with Gasteiger partial charge in [0.15, 0.2) is 6.29 Å². The maximum absolute atomic E-state index is 11.1.